The smallest absolute Gasteiger partial charge is 0.328 e. The number of nitrogen functional groups attached to an aromatic ring is 1. The monoisotopic (exact) mass is 428 g/mol. The van der Waals surface area contributed by atoms with Crippen molar-refractivity contribution in [3.05, 3.63) is 39.8 Å². The van der Waals surface area contributed by atoms with Gasteiger partial charge in [0.15, 0.2) is 11.5 Å². The lowest BCUT2D eigenvalue weighted by Gasteiger charge is -2.18. The molecule has 0 aliphatic carbocycles. The predicted molar refractivity (Wildman–Crippen MR) is 117 cm³/mol. The Kier molecular flexibility index (Phi) is 6.38. The minimum absolute atomic E-state index is 0.110. The first-order valence-corrected chi connectivity index (χ1v) is 10.3. The van der Waals surface area contributed by atoms with Crippen LogP contribution in [0.25, 0.3) is 11.2 Å². The largest absolute Gasteiger partial charge is 0.496 e. The summed E-state index contributed by atoms with van der Waals surface area (Å²) in [7, 11) is 3.26. The molecule has 1 fully saturated rings. The van der Waals surface area contributed by atoms with Crippen LogP contribution >= 0.6 is 0 Å². The van der Waals surface area contributed by atoms with E-state index in [0.29, 0.717) is 24.3 Å². The van der Waals surface area contributed by atoms with Gasteiger partial charge in [0.2, 0.25) is 0 Å². The topological polar surface area (TPSA) is 121 Å². The van der Waals surface area contributed by atoms with Crippen LogP contribution in [0, 0.1) is 0 Å². The number of aromatic amines is 1. The number of methoxy groups -OCH3 is 2. The molecule has 3 heterocycles. The molecule has 0 atom stereocenters. The van der Waals surface area contributed by atoms with Gasteiger partial charge in [-0.1, -0.05) is 6.07 Å². The lowest BCUT2D eigenvalue weighted by molar-refractivity contribution is 0.141. The van der Waals surface area contributed by atoms with E-state index in [9.17, 15) is 4.79 Å². The fraction of sp³-hybridized carbons (Fsp3) is 0.476. The number of hydrogen-bond acceptors (Lipinski definition) is 8. The number of aromatic nitrogens is 4. The van der Waals surface area contributed by atoms with Crippen LogP contribution in [-0.2, 0) is 17.8 Å². The van der Waals surface area contributed by atoms with Gasteiger partial charge in [0.25, 0.3) is 0 Å². The van der Waals surface area contributed by atoms with Gasteiger partial charge in [0, 0.05) is 19.2 Å². The molecular formula is C21H28N6O4. The van der Waals surface area contributed by atoms with E-state index in [1.807, 2.05) is 12.1 Å². The normalized spacial score (nSPS) is 14.4. The molecule has 10 nitrogen and oxygen atoms in total. The lowest BCUT2D eigenvalue weighted by Crippen LogP contribution is -2.20. The fourth-order valence-corrected chi connectivity index (χ4v) is 3.88. The number of rotatable bonds is 9. The molecule has 0 spiro atoms. The second kappa shape index (κ2) is 9.36. The zero-order valence-electron chi connectivity index (χ0n) is 17.9. The minimum Gasteiger partial charge on any atom is -0.496 e. The Morgan fingerprint density at radius 1 is 1.13 bits per heavy atom. The van der Waals surface area contributed by atoms with Crippen molar-refractivity contribution in [1.29, 1.82) is 0 Å². The van der Waals surface area contributed by atoms with Crippen molar-refractivity contribution in [2.45, 2.75) is 25.9 Å². The van der Waals surface area contributed by atoms with Crippen LogP contribution in [0.15, 0.2) is 23.0 Å². The van der Waals surface area contributed by atoms with E-state index in [1.54, 1.807) is 14.2 Å². The third kappa shape index (κ3) is 4.64. The van der Waals surface area contributed by atoms with E-state index in [1.165, 1.54) is 17.4 Å². The van der Waals surface area contributed by atoms with E-state index >= 15 is 0 Å². The van der Waals surface area contributed by atoms with Crippen molar-refractivity contribution in [2.24, 2.45) is 0 Å². The highest BCUT2D eigenvalue weighted by atomic mass is 16.5. The lowest BCUT2D eigenvalue weighted by atomic mass is 10.1. The molecular weight excluding hydrogens is 400 g/mol. The van der Waals surface area contributed by atoms with Crippen molar-refractivity contribution < 1.29 is 14.2 Å². The highest BCUT2D eigenvalue weighted by Gasteiger charge is 2.17. The molecule has 4 rings (SSSR count). The van der Waals surface area contributed by atoms with Crippen LogP contribution in [0.5, 0.6) is 11.8 Å². The summed E-state index contributed by atoms with van der Waals surface area (Å²) in [6.07, 6.45) is 2.45. The van der Waals surface area contributed by atoms with Crippen LogP contribution < -0.4 is 20.9 Å². The molecule has 3 aromatic rings. The molecule has 1 aliphatic heterocycles. The van der Waals surface area contributed by atoms with Crippen LogP contribution in [-0.4, -0.2) is 64.9 Å². The van der Waals surface area contributed by atoms with E-state index in [0.717, 1.165) is 36.5 Å². The summed E-state index contributed by atoms with van der Waals surface area (Å²) in [6.45, 7) is 4.03. The van der Waals surface area contributed by atoms with Crippen molar-refractivity contribution >= 4 is 17.0 Å². The predicted octanol–water partition coefficient (Wildman–Crippen LogP) is 1.38. The molecule has 0 radical (unpaired) electrons. The van der Waals surface area contributed by atoms with E-state index in [2.05, 4.69) is 25.9 Å². The summed E-state index contributed by atoms with van der Waals surface area (Å²) in [6, 6.07) is 6.10. The van der Waals surface area contributed by atoms with Gasteiger partial charge in [-0.25, -0.2) is 4.79 Å². The van der Waals surface area contributed by atoms with Gasteiger partial charge in [-0.2, -0.15) is 9.97 Å². The van der Waals surface area contributed by atoms with Crippen LogP contribution in [0.1, 0.15) is 24.0 Å². The minimum atomic E-state index is -0.304. The number of H-pyrrole nitrogens is 1. The summed E-state index contributed by atoms with van der Waals surface area (Å²) in [5.74, 6) is 1.01. The Morgan fingerprint density at radius 3 is 2.68 bits per heavy atom. The molecule has 0 saturated carbocycles. The van der Waals surface area contributed by atoms with Gasteiger partial charge < -0.3 is 24.9 Å². The molecule has 3 N–H and O–H groups in total. The summed E-state index contributed by atoms with van der Waals surface area (Å²) in [4.78, 5) is 26.3. The van der Waals surface area contributed by atoms with Gasteiger partial charge in [0.05, 0.1) is 20.3 Å². The Balaban J connectivity index is 1.64. The Labute approximate surface area is 179 Å². The van der Waals surface area contributed by atoms with Crippen LogP contribution in [0.4, 0.5) is 5.82 Å². The van der Waals surface area contributed by atoms with E-state index in [4.69, 9.17) is 19.9 Å². The van der Waals surface area contributed by atoms with E-state index in [-0.39, 0.29) is 24.1 Å². The molecule has 1 aliphatic rings. The van der Waals surface area contributed by atoms with Crippen LogP contribution in [0.2, 0.25) is 0 Å². The first kappa shape index (κ1) is 21.1. The SMILES string of the molecule is COCCOc1nc(N)c2[nH]c(=O)n(Cc3ccc(OC)c(CN4CCCC4)c3)c2n1. The maximum atomic E-state index is 12.6. The molecule has 0 unspecified atom stereocenters. The first-order valence-electron chi connectivity index (χ1n) is 10.3. The Morgan fingerprint density at radius 2 is 1.94 bits per heavy atom. The summed E-state index contributed by atoms with van der Waals surface area (Å²) in [5, 5.41) is 0. The number of ether oxygens (including phenoxy) is 3. The standard InChI is InChI=1S/C21H28N6O4/c1-29-9-10-31-20-24-18(22)17-19(25-20)27(21(28)23-17)12-14-5-6-16(30-2)15(11-14)13-26-7-3-4-8-26/h5-6,11H,3-4,7-10,12-13H2,1-2H3,(H,23,28)(H2,22,24,25). The quantitative estimate of drug-likeness (QED) is 0.491. The molecule has 0 bridgehead atoms. The molecule has 31 heavy (non-hydrogen) atoms. The average Bonchev–Trinajstić information content (AvgIpc) is 3.37. The second-order valence-corrected chi connectivity index (χ2v) is 7.58. The molecule has 2 aromatic heterocycles. The van der Waals surface area contributed by atoms with Crippen molar-refractivity contribution in [2.75, 3.05) is 46.3 Å². The van der Waals surface area contributed by atoms with E-state index < -0.39 is 0 Å². The van der Waals surface area contributed by atoms with Crippen molar-refractivity contribution in [3.63, 3.8) is 0 Å². The van der Waals surface area contributed by atoms with Gasteiger partial charge in [0.1, 0.15) is 17.9 Å². The molecule has 1 saturated heterocycles. The number of nitrogens with one attached hydrogen (secondary N) is 1. The van der Waals surface area contributed by atoms with Gasteiger partial charge >= 0.3 is 11.7 Å². The number of nitrogens with two attached hydrogens (primary N) is 1. The maximum absolute atomic E-state index is 12.6. The number of fused-ring (bicyclic) bond motifs is 1. The zero-order valence-corrected chi connectivity index (χ0v) is 17.9. The number of imidazole rings is 1. The highest BCUT2D eigenvalue weighted by Crippen LogP contribution is 2.25. The number of likely N-dealkylation sites (tertiary alicyclic amines) is 1. The third-order valence-corrected chi connectivity index (χ3v) is 5.43. The Bertz CT molecular complexity index is 1100. The maximum Gasteiger partial charge on any atom is 0.328 e. The Hall–Kier alpha value is -3.11. The number of nitrogens with zero attached hydrogens (tertiary/aromatic N) is 4. The van der Waals surface area contributed by atoms with Gasteiger partial charge in [-0.3, -0.25) is 9.47 Å². The molecule has 166 valence electrons. The van der Waals surface area contributed by atoms with Crippen molar-refractivity contribution in [1.82, 2.24) is 24.4 Å². The number of anilines is 1. The average molecular weight is 428 g/mol. The summed E-state index contributed by atoms with van der Waals surface area (Å²) in [5.41, 5.74) is 8.59. The van der Waals surface area contributed by atoms with Gasteiger partial charge in [-0.15, -0.1) is 0 Å². The van der Waals surface area contributed by atoms with Gasteiger partial charge in [-0.05, 0) is 43.6 Å². The molecule has 10 heteroatoms. The summed E-state index contributed by atoms with van der Waals surface area (Å²) < 4.78 is 17.6. The number of hydrogen-bond donors (Lipinski definition) is 2. The highest BCUT2D eigenvalue weighted by molar-refractivity contribution is 5.81. The van der Waals surface area contributed by atoms with Crippen molar-refractivity contribution in [3.8, 4) is 11.8 Å². The second-order valence-electron chi connectivity index (χ2n) is 7.58. The third-order valence-electron chi connectivity index (χ3n) is 5.43. The summed E-state index contributed by atoms with van der Waals surface area (Å²) >= 11 is 0. The zero-order chi connectivity index (χ0) is 21.8. The molecule has 0 amide bonds. The molecule has 1 aromatic carbocycles. The fourth-order valence-electron chi connectivity index (χ4n) is 3.88. The first-order chi connectivity index (χ1) is 15.1. The number of benzene rings is 1. The van der Waals surface area contributed by atoms with Crippen LogP contribution in [0.3, 0.4) is 0 Å².